The van der Waals surface area contributed by atoms with E-state index in [1.807, 2.05) is 12.1 Å². The predicted molar refractivity (Wildman–Crippen MR) is 139 cm³/mol. The second-order valence-corrected chi connectivity index (χ2v) is 8.69. The first-order valence-corrected chi connectivity index (χ1v) is 11.3. The molecule has 0 aliphatic rings. The Kier molecular flexibility index (Phi) is 7.11. The molecule has 3 heteroatoms. The maximum atomic E-state index is 6.97. The van der Waals surface area contributed by atoms with Crippen LogP contribution in [0.15, 0.2) is 109 Å². The average molecular weight is 437 g/mol. The molecule has 0 aliphatic carbocycles. The Hall–Kier alpha value is -3.56. The molecule has 0 heterocycles. The molecule has 2 unspecified atom stereocenters. The molecule has 0 bridgehead atoms. The average Bonchev–Trinajstić information content (AvgIpc) is 2.86. The summed E-state index contributed by atoms with van der Waals surface area (Å²) in [6.45, 7) is 0. The third-order valence-electron chi connectivity index (χ3n) is 5.90. The molecule has 33 heavy (non-hydrogen) atoms. The SMILES string of the molecule is CN(C)c1ccc(C(OC(c2ccccc2)c2ccc(N(C)C)cc2)c2ccccc2)cc1. The van der Waals surface area contributed by atoms with E-state index in [0.29, 0.717) is 0 Å². The van der Waals surface area contributed by atoms with Crippen LogP contribution in [0.5, 0.6) is 0 Å². The van der Waals surface area contributed by atoms with Crippen molar-refractivity contribution in [3.05, 3.63) is 131 Å². The summed E-state index contributed by atoms with van der Waals surface area (Å²) in [4.78, 5) is 4.22. The van der Waals surface area contributed by atoms with E-state index in [2.05, 4.69) is 135 Å². The fraction of sp³-hybridized carbons (Fsp3) is 0.200. The van der Waals surface area contributed by atoms with Crippen molar-refractivity contribution >= 4 is 11.4 Å². The fourth-order valence-corrected chi connectivity index (χ4v) is 3.99. The van der Waals surface area contributed by atoms with Crippen molar-refractivity contribution in [1.29, 1.82) is 0 Å². The monoisotopic (exact) mass is 436 g/mol. The minimum atomic E-state index is -0.193. The van der Waals surface area contributed by atoms with E-state index in [0.717, 1.165) is 22.3 Å². The number of hydrogen-bond donors (Lipinski definition) is 0. The molecule has 0 amide bonds. The van der Waals surface area contributed by atoms with Gasteiger partial charge < -0.3 is 14.5 Å². The van der Waals surface area contributed by atoms with Gasteiger partial charge in [0.2, 0.25) is 0 Å². The van der Waals surface area contributed by atoms with Gasteiger partial charge in [-0.25, -0.2) is 0 Å². The van der Waals surface area contributed by atoms with Gasteiger partial charge in [-0.05, 0) is 46.5 Å². The zero-order chi connectivity index (χ0) is 23.2. The summed E-state index contributed by atoms with van der Waals surface area (Å²) in [5, 5.41) is 0. The van der Waals surface area contributed by atoms with Crippen LogP contribution < -0.4 is 9.80 Å². The number of hydrogen-bond acceptors (Lipinski definition) is 3. The van der Waals surface area contributed by atoms with Gasteiger partial charge >= 0.3 is 0 Å². The number of rotatable bonds is 8. The molecule has 0 aromatic heterocycles. The van der Waals surface area contributed by atoms with Crippen LogP contribution in [0.2, 0.25) is 0 Å². The van der Waals surface area contributed by atoms with Crippen LogP contribution in [0, 0.1) is 0 Å². The Labute approximate surface area is 197 Å². The van der Waals surface area contributed by atoms with Crippen LogP contribution in [0.25, 0.3) is 0 Å². The number of anilines is 2. The molecule has 4 rings (SSSR count). The molecule has 4 aromatic rings. The highest BCUT2D eigenvalue weighted by molar-refractivity contribution is 5.49. The lowest BCUT2D eigenvalue weighted by molar-refractivity contribution is 0.0309. The van der Waals surface area contributed by atoms with E-state index >= 15 is 0 Å². The Morgan fingerprint density at radius 3 is 1.03 bits per heavy atom. The molecular formula is C30H32N2O. The Balaban J connectivity index is 1.75. The molecule has 0 fully saturated rings. The summed E-state index contributed by atoms with van der Waals surface area (Å²) in [5.74, 6) is 0. The molecule has 3 nitrogen and oxygen atoms in total. The van der Waals surface area contributed by atoms with Crippen LogP contribution in [0.1, 0.15) is 34.5 Å². The molecule has 168 valence electrons. The van der Waals surface area contributed by atoms with E-state index in [-0.39, 0.29) is 12.2 Å². The molecule has 0 spiro atoms. The van der Waals surface area contributed by atoms with E-state index in [1.165, 1.54) is 11.4 Å². The highest BCUT2D eigenvalue weighted by atomic mass is 16.5. The van der Waals surface area contributed by atoms with Crippen molar-refractivity contribution in [3.63, 3.8) is 0 Å². The third kappa shape index (κ3) is 5.44. The number of benzene rings is 4. The number of ether oxygens (including phenoxy) is 1. The van der Waals surface area contributed by atoms with E-state index in [1.54, 1.807) is 0 Å². The maximum Gasteiger partial charge on any atom is 0.109 e. The standard InChI is InChI=1S/C30H32N2O/c1-31(2)27-19-15-25(16-20-27)29(23-11-7-5-8-12-23)33-30(24-13-9-6-10-14-24)26-17-21-28(22-18-26)32(3)4/h5-22,29-30H,1-4H3. The summed E-state index contributed by atoms with van der Waals surface area (Å²) >= 11 is 0. The molecule has 2 atom stereocenters. The lowest BCUT2D eigenvalue weighted by Gasteiger charge is -2.27. The van der Waals surface area contributed by atoms with Crippen molar-refractivity contribution in [1.82, 2.24) is 0 Å². The number of nitrogens with zero attached hydrogens (tertiary/aromatic N) is 2. The minimum absolute atomic E-state index is 0.193. The van der Waals surface area contributed by atoms with Crippen molar-refractivity contribution in [3.8, 4) is 0 Å². The Morgan fingerprint density at radius 1 is 0.424 bits per heavy atom. The van der Waals surface area contributed by atoms with Crippen molar-refractivity contribution in [2.24, 2.45) is 0 Å². The summed E-state index contributed by atoms with van der Waals surface area (Å²) in [6, 6.07) is 38.2. The Morgan fingerprint density at radius 2 is 0.727 bits per heavy atom. The van der Waals surface area contributed by atoms with Gasteiger partial charge in [0.15, 0.2) is 0 Å². The van der Waals surface area contributed by atoms with Crippen LogP contribution in [-0.2, 0) is 4.74 Å². The third-order valence-corrected chi connectivity index (χ3v) is 5.90. The van der Waals surface area contributed by atoms with Crippen LogP contribution in [-0.4, -0.2) is 28.2 Å². The highest BCUT2D eigenvalue weighted by Gasteiger charge is 2.23. The quantitative estimate of drug-likeness (QED) is 0.305. The Bertz CT molecular complexity index is 1030. The first-order chi connectivity index (χ1) is 16.0. The minimum Gasteiger partial charge on any atom is -0.378 e. The predicted octanol–water partition coefficient (Wildman–Crippen LogP) is 6.71. The van der Waals surface area contributed by atoms with E-state index < -0.39 is 0 Å². The van der Waals surface area contributed by atoms with Gasteiger partial charge in [-0.15, -0.1) is 0 Å². The molecule has 0 aliphatic heterocycles. The molecule has 0 saturated heterocycles. The second-order valence-electron chi connectivity index (χ2n) is 8.69. The molecule has 0 N–H and O–H groups in total. The highest BCUT2D eigenvalue weighted by Crippen LogP contribution is 2.36. The van der Waals surface area contributed by atoms with Crippen LogP contribution in [0.4, 0.5) is 11.4 Å². The van der Waals surface area contributed by atoms with Crippen LogP contribution >= 0.6 is 0 Å². The van der Waals surface area contributed by atoms with Crippen molar-refractivity contribution in [2.75, 3.05) is 38.0 Å². The lowest BCUT2D eigenvalue weighted by Crippen LogP contribution is -2.14. The van der Waals surface area contributed by atoms with E-state index in [4.69, 9.17) is 4.74 Å². The smallest absolute Gasteiger partial charge is 0.109 e. The fourth-order valence-electron chi connectivity index (χ4n) is 3.99. The molecule has 4 aromatic carbocycles. The second kappa shape index (κ2) is 10.4. The topological polar surface area (TPSA) is 15.7 Å². The largest absolute Gasteiger partial charge is 0.378 e. The van der Waals surface area contributed by atoms with Gasteiger partial charge in [0.1, 0.15) is 12.2 Å². The summed E-state index contributed by atoms with van der Waals surface area (Å²) in [7, 11) is 8.23. The van der Waals surface area contributed by atoms with Crippen molar-refractivity contribution in [2.45, 2.75) is 12.2 Å². The zero-order valence-electron chi connectivity index (χ0n) is 19.8. The molecule has 0 saturated carbocycles. The van der Waals surface area contributed by atoms with Gasteiger partial charge in [-0.1, -0.05) is 84.9 Å². The first-order valence-electron chi connectivity index (χ1n) is 11.3. The molecule has 0 radical (unpaired) electrons. The zero-order valence-corrected chi connectivity index (χ0v) is 19.8. The maximum absolute atomic E-state index is 6.97. The van der Waals surface area contributed by atoms with E-state index in [9.17, 15) is 0 Å². The lowest BCUT2D eigenvalue weighted by atomic mass is 9.97. The molecular weight excluding hydrogens is 404 g/mol. The van der Waals surface area contributed by atoms with Gasteiger partial charge in [-0.3, -0.25) is 0 Å². The van der Waals surface area contributed by atoms with Crippen LogP contribution in [0.3, 0.4) is 0 Å². The summed E-state index contributed by atoms with van der Waals surface area (Å²) in [6.07, 6.45) is -0.387. The van der Waals surface area contributed by atoms with Gasteiger partial charge in [0, 0.05) is 39.6 Å². The van der Waals surface area contributed by atoms with Crippen molar-refractivity contribution < 1.29 is 4.74 Å². The normalized spacial score (nSPS) is 12.7. The van der Waals surface area contributed by atoms with Gasteiger partial charge in [-0.2, -0.15) is 0 Å². The van der Waals surface area contributed by atoms with Gasteiger partial charge in [0.05, 0.1) is 0 Å². The summed E-state index contributed by atoms with van der Waals surface area (Å²) in [5.41, 5.74) is 6.89. The summed E-state index contributed by atoms with van der Waals surface area (Å²) < 4.78 is 6.97. The van der Waals surface area contributed by atoms with Gasteiger partial charge in [0.25, 0.3) is 0 Å². The first kappa shape index (κ1) is 22.6.